The van der Waals surface area contributed by atoms with E-state index in [1.807, 2.05) is 6.92 Å². The van der Waals surface area contributed by atoms with E-state index in [1.54, 1.807) is 0 Å². The highest BCUT2D eigenvalue weighted by molar-refractivity contribution is 5.90. The Hall–Kier alpha value is -1.13. The van der Waals surface area contributed by atoms with E-state index in [2.05, 4.69) is 26.5 Å². The summed E-state index contributed by atoms with van der Waals surface area (Å²) in [6.45, 7) is 10.3. The van der Waals surface area contributed by atoms with Crippen LogP contribution in [0.2, 0.25) is 0 Å². The fourth-order valence-electron chi connectivity index (χ4n) is 4.16. The Morgan fingerprint density at radius 3 is 2.92 bits per heavy atom. The Morgan fingerprint density at radius 1 is 1.42 bits per heavy atom. The van der Waals surface area contributed by atoms with Gasteiger partial charge in [0.25, 0.3) is 0 Å². The molecule has 134 valence electrons. The van der Waals surface area contributed by atoms with E-state index in [9.17, 15) is 9.90 Å². The number of carbonyl (C=O) groups excluding carboxylic acids is 1. The molecule has 0 radical (unpaired) electrons. The van der Waals surface area contributed by atoms with Gasteiger partial charge in [-0.15, -0.1) is 0 Å². The first-order valence-corrected chi connectivity index (χ1v) is 9.23. The minimum atomic E-state index is -0.643. The molecule has 0 aromatic heterocycles. The molecule has 2 fully saturated rings. The second kappa shape index (κ2) is 6.64. The maximum Gasteiger partial charge on any atom is 0.334 e. The molecule has 6 atom stereocenters. The Kier molecular flexibility index (Phi) is 4.89. The molecule has 0 bridgehead atoms. The highest BCUT2D eigenvalue weighted by atomic mass is 16.6. The maximum absolute atomic E-state index is 12.0. The summed E-state index contributed by atoms with van der Waals surface area (Å²) in [6, 6.07) is 0. The van der Waals surface area contributed by atoms with Gasteiger partial charge in [-0.1, -0.05) is 25.2 Å². The lowest BCUT2D eigenvalue weighted by molar-refractivity contribution is -0.146. The third-order valence-electron chi connectivity index (χ3n) is 6.14. The van der Waals surface area contributed by atoms with E-state index >= 15 is 0 Å². The normalized spacial score (nSPS) is 46.2. The summed E-state index contributed by atoms with van der Waals surface area (Å²) < 4.78 is 11.4. The van der Waals surface area contributed by atoms with Crippen LogP contribution >= 0.6 is 0 Å². The highest BCUT2D eigenvalue weighted by Gasteiger charge is 2.55. The fraction of sp³-hybridized carbons (Fsp3) is 0.750. The summed E-state index contributed by atoms with van der Waals surface area (Å²) in [4.78, 5) is 12.0. The summed E-state index contributed by atoms with van der Waals surface area (Å²) in [5.41, 5.74) is 1.79. The molecule has 1 aliphatic carbocycles. The van der Waals surface area contributed by atoms with E-state index in [0.717, 1.165) is 32.1 Å². The van der Waals surface area contributed by atoms with Gasteiger partial charge >= 0.3 is 5.97 Å². The van der Waals surface area contributed by atoms with Crippen LogP contribution in [0.5, 0.6) is 0 Å². The zero-order valence-corrected chi connectivity index (χ0v) is 15.1. The molecule has 3 rings (SSSR count). The van der Waals surface area contributed by atoms with Gasteiger partial charge in [-0.2, -0.15) is 0 Å². The van der Waals surface area contributed by atoms with E-state index in [-0.39, 0.29) is 29.5 Å². The van der Waals surface area contributed by atoms with Crippen LogP contribution in [0, 0.1) is 11.8 Å². The van der Waals surface area contributed by atoms with Gasteiger partial charge in [0.05, 0.1) is 17.8 Å². The van der Waals surface area contributed by atoms with Crippen LogP contribution in [0.1, 0.15) is 59.3 Å². The Balaban J connectivity index is 1.79. The average Bonchev–Trinajstić information content (AvgIpc) is 3.08. The minimum absolute atomic E-state index is 0.0958. The van der Waals surface area contributed by atoms with Gasteiger partial charge in [-0.25, -0.2) is 4.79 Å². The van der Waals surface area contributed by atoms with Crippen molar-refractivity contribution in [2.24, 2.45) is 11.8 Å². The largest absolute Gasteiger partial charge is 0.456 e. The molecule has 0 spiro atoms. The van der Waals surface area contributed by atoms with E-state index < -0.39 is 12.2 Å². The molecule has 4 heteroatoms. The van der Waals surface area contributed by atoms with E-state index in [0.29, 0.717) is 12.0 Å². The van der Waals surface area contributed by atoms with Crippen molar-refractivity contribution in [3.63, 3.8) is 0 Å². The number of aliphatic hydroxyl groups is 1. The maximum atomic E-state index is 12.0. The fourth-order valence-corrected chi connectivity index (χ4v) is 4.16. The number of hydrogen-bond acceptors (Lipinski definition) is 4. The number of hydrogen-bond donors (Lipinski definition) is 1. The summed E-state index contributed by atoms with van der Waals surface area (Å²) in [7, 11) is 0. The summed E-state index contributed by atoms with van der Waals surface area (Å²) in [6.07, 6.45) is 7.07. The molecule has 0 aromatic carbocycles. The number of aliphatic hydroxyl groups excluding tert-OH is 1. The van der Waals surface area contributed by atoms with Crippen LogP contribution in [0.4, 0.5) is 0 Å². The standard InChI is InChI=1S/C20H30O4/c1-12-7-5-9-13(2)17(21)18-15(14(3)19(22)23-18)11-16-20(4,24-16)10-6-8-12/h8,13,15-18,21H,3,5-7,9-11H2,1-2,4H3/b12-8+/t13-,15-,16+,17-,18+,20+/m0/s1. The first kappa shape index (κ1) is 17.7. The number of rotatable bonds is 0. The summed E-state index contributed by atoms with van der Waals surface area (Å²) in [5.74, 6) is -0.402. The van der Waals surface area contributed by atoms with Gasteiger partial charge in [0.15, 0.2) is 0 Å². The lowest BCUT2D eigenvalue weighted by Crippen LogP contribution is -2.37. The molecule has 2 heterocycles. The van der Waals surface area contributed by atoms with Gasteiger partial charge < -0.3 is 14.6 Å². The molecular formula is C20H30O4. The number of allylic oxidation sites excluding steroid dienone is 2. The van der Waals surface area contributed by atoms with Crippen molar-refractivity contribution in [1.29, 1.82) is 0 Å². The zero-order valence-electron chi connectivity index (χ0n) is 15.1. The molecule has 1 N–H and O–H groups in total. The molecule has 0 amide bonds. The van der Waals surface area contributed by atoms with Crippen molar-refractivity contribution in [1.82, 2.24) is 0 Å². The quantitative estimate of drug-likeness (QED) is 0.319. The van der Waals surface area contributed by atoms with Crippen LogP contribution < -0.4 is 0 Å². The average molecular weight is 334 g/mol. The third kappa shape index (κ3) is 3.45. The first-order valence-electron chi connectivity index (χ1n) is 9.23. The summed E-state index contributed by atoms with van der Waals surface area (Å²) >= 11 is 0. The van der Waals surface area contributed by atoms with E-state index in [1.165, 1.54) is 5.57 Å². The van der Waals surface area contributed by atoms with E-state index in [4.69, 9.17) is 9.47 Å². The topological polar surface area (TPSA) is 59.1 Å². The van der Waals surface area contributed by atoms with Crippen LogP contribution in [0.25, 0.3) is 0 Å². The van der Waals surface area contributed by atoms with Crippen molar-refractivity contribution in [2.75, 3.05) is 0 Å². The minimum Gasteiger partial charge on any atom is -0.456 e. The SMILES string of the molecule is C=C1C(=O)O[C@H]2[C@@H](O)[C@@H](C)CCC/C(C)=C/CC[C@@]3(C)O[C@@H]3C[C@@H]12. The Morgan fingerprint density at radius 2 is 2.17 bits per heavy atom. The lowest BCUT2D eigenvalue weighted by Gasteiger charge is -2.27. The van der Waals surface area contributed by atoms with Gasteiger partial charge in [0.1, 0.15) is 6.10 Å². The number of esters is 1. The zero-order chi connectivity index (χ0) is 17.5. The highest BCUT2D eigenvalue weighted by Crippen LogP contribution is 2.47. The number of ether oxygens (including phenoxy) is 2. The van der Waals surface area contributed by atoms with Gasteiger partial charge in [-0.3, -0.25) is 0 Å². The van der Waals surface area contributed by atoms with Crippen LogP contribution in [0.3, 0.4) is 0 Å². The predicted octanol–water partition coefficient (Wildman–Crippen LogP) is 3.54. The summed E-state index contributed by atoms with van der Waals surface area (Å²) in [5, 5.41) is 10.7. The van der Waals surface area contributed by atoms with Crippen molar-refractivity contribution < 1.29 is 19.4 Å². The first-order chi connectivity index (χ1) is 11.3. The second-order valence-corrected chi connectivity index (χ2v) is 8.11. The lowest BCUT2D eigenvalue weighted by atomic mass is 9.82. The second-order valence-electron chi connectivity index (χ2n) is 8.11. The molecule has 4 nitrogen and oxygen atoms in total. The van der Waals surface area contributed by atoms with Crippen molar-refractivity contribution in [3.8, 4) is 0 Å². The van der Waals surface area contributed by atoms with Crippen LogP contribution in [-0.4, -0.2) is 35.0 Å². The molecule has 2 aliphatic heterocycles. The predicted molar refractivity (Wildman–Crippen MR) is 92.4 cm³/mol. The smallest absolute Gasteiger partial charge is 0.334 e. The molecule has 0 saturated carbocycles. The van der Waals surface area contributed by atoms with Gasteiger partial charge in [-0.05, 0) is 58.3 Å². The number of epoxide rings is 1. The number of fused-ring (bicyclic) bond motifs is 2. The van der Waals surface area contributed by atoms with Crippen molar-refractivity contribution in [2.45, 2.75) is 83.2 Å². The molecule has 0 unspecified atom stereocenters. The Labute approximate surface area is 144 Å². The van der Waals surface area contributed by atoms with Crippen LogP contribution in [0.15, 0.2) is 23.8 Å². The molecule has 24 heavy (non-hydrogen) atoms. The monoisotopic (exact) mass is 334 g/mol. The Bertz CT molecular complexity index is 552. The molecule has 3 aliphatic rings. The third-order valence-corrected chi connectivity index (χ3v) is 6.14. The van der Waals surface area contributed by atoms with Gasteiger partial charge in [0, 0.05) is 11.5 Å². The molecule has 0 aromatic rings. The number of carbonyl (C=O) groups is 1. The van der Waals surface area contributed by atoms with Crippen molar-refractivity contribution in [3.05, 3.63) is 23.8 Å². The van der Waals surface area contributed by atoms with Crippen LogP contribution in [-0.2, 0) is 14.3 Å². The van der Waals surface area contributed by atoms with Crippen molar-refractivity contribution >= 4 is 5.97 Å². The molecular weight excluding hydrogens is 304 g/mol. The molecule has 2 saturated heterocycles. The van der Waals surface area contributed by atoms with Gasteiger partial charge in [0.2, 0.25) is 0 Å².